The molecule has 0 aromatic heterocycles. The quantitative estimate of drug-likeness (QED) is 0.769. The third-order valence-corrected chi connectivity index (χ3v) is 3.14. The summed E-state index contributed by atoms with van der Waals surface area (Å²) < 4.78 is 1.00. The van der Waals surface area contributed by atoms with Crippen LogP contribution in [0.4, 0.5) is 0 Å². The van der Waals surface area contributed by atoms with Gasteiger partial charge in [0.05, 0.1) is 5.56 Å². The van der Waals surface area contributed by atoms with Crippen molar-refractivity contribution in [2.75, 3.05) is 7.05 Å². The van der Waals surface area contributed by atoms with Gasteiger partial charge in [0.1, 0.15) is 0 Å². The van der Waals surface area contributed by atoms with Gasteiger partial charge in [-0.25, -0.2) is 0 Å². The first-order valence-electron chi connectivity index (χ1n) is 4.55. The SMILES string of the molecule is CC(C)N(C)C(=O)c1ccccc1I. The van der Waals surface area contributed by atoms with Gasteiger partial charge < -0.3 is 4.90 Å². The molecule has 0 bridgehead atoms. The van der Waals surface area contributed by atoms with Crippen molar-refractivity contribution in [3.63, 3.8) is 0 Å². The van der Waals surface area contributed by atoms with E-state index in [1.165, 1.54) is 0 Å². The summed E-state index contributed by atoms with van der Waals surface area (Å²) in [6, 6.07) is 7.88. The van der Waals surface area contributed by atoms with Gasteiger partial charge in [0, 0.05) is 16.7 Å². The molecule has 1 aromatic rings. The van der Waals surface area contributed by atoms with Crippen LogP contribution in [0.5, 0.6) is 0 Å². The molecular weight excluding hydrogens is 289 g/mol. The number of rotatable bonds is 2. The van der Waals surface area contributed by atoms with E-state index in [9.17, 15) is 4.79 Å². The summed E-state index contributed by atoms with van der Waals surface area (Å²) in [6.45, 7) is 4.02. The molecule has 0 aliphatic heterocycles. The van der Waals surface area contributed by atoms with E-state index in [4.69, 9.17) is 0 Å². The van der Waals surface area contributed by atoms with Gasteiger partial charge in [-0.2, -0.15) is 0 Å². The lowest BCUT2D eigenvalue weighted by Gasteiger charge is -2.21. The molecule has 1 rings (SSSR count). The Morgan fingerprint density at radius 2 is 1.93 bits per heavy atom. The fraction of sp³-hybridized carbons (Fsp3) is 0.364. The molecule has 0 radical (unpaired) electrons. The molecule has 0 saturated carbocycles. The first-order valence-corrected chi connectivity index (χ1v) is 5.63. The van der Waals surface area contributed by atoms with Gasteiger partial charge in [0.15, 0.2) is 0 Å². The van der Waals surface area contributed by atoms with Crippen LogP contribution in [-0.4, -0.2) is 23.9 Å². The van der Waals surface area contributed by atoms with Crippen LogP contribution in [0, 0.1) is 3.57 Å². The monoisotopic (exact) mass is 303 g/mol. The van der Waals surface area contributed by atoms with E-state index in [2.05, 4.69) is 22.6 Å². The summed E-state index contributed by atoms with van der Waals surface area (Å²) in [5.41, 5.74) is 0.782. The number of amides is 1. The molecule has 1 aromatic carbocycles. The zero-order valence-corrected chi connectivity index (χ0v) is 10.8. The molecule has 1 amide bonds. The first-order chi connectivity index (χ1) is 6.54. The number of carbonyl (C=O) groups is 1. The lowest BCUT2D eigenvalue weighted by molar-refractivity contribution is 0.0754. The zero-order valence-electron chi connectivity index (χ0n) is 8.62. The fourth-order valence-electron chi connectivity index (χ4n) is 1.06. The third kappa shape index (κ3) is 2.47. The number of hydrogen-bond donors (Lipinski definition) is 0. The molecule has 0 N–H and O–H groups in total. The van der Waals surface area contributed by atoms with Crippen molar-refractivity contribution >= 4 is 28.5 Å². The van der Waals surface area contributed by atoms with Gasteiger partial charge in [-0.3, -0.25) is 4.79 Å². The minimum absolute atomic E-state index is 0.0880. The molecule has 0 aliphatic rings. The fourth-order valence-corrected chi connectivity index (χ4v) is 1.68. The summed E-state index contributed by atoms with van der Waals surface area (Å²) in [6.07, 6.45) is 0. The number of benzene rings is 1. The number of hydrogen-bond acceptors (Lipinski definition) is 1. The highest BCUT2D eigenvalue weighted by molar-refractivity contribution is 14.1. The maximum atomic E-state index is 11.9. The molecule has 0 spiro atoms. The van der Waals surface area contributed by atoms with Gasteiger partial charge in [0.25, 0.3) is 5.91 Å². The van der Waals surface area contributed by atoms with E-state index in [-0.39, 0.29) is 11.9 Å². The minimum atomic E-state index is 0.0880. The van der Waals surface area contributed by atoms with Crippen molar-refractivity contribution in [3.05, 3.63) is 33.4 Å². The highest BCUT2D eigenvalue weighted by atomic mass is 127. The van der Waals surface area contributed by atoms with Gasteiger partial charge in [0.2, 0.25) is 0 Å². The van der Waals surface area contributed by atoms with E-state index in [0.717, 1.165) is 9.13 Å². The molecule has 0 atom stereocenters. The Bertz CT molecular complexity index is 336. The third-order valence-electron chi connectivity index (χ3n) is 2.20. The predicted octanol–water partition coefficient (Wildman–Crippen LogP) is 2.77. The normalized spacial score (nSPS) is 10.4. The lowest BCUT2D eigenvalue weighted by atomic mass is 10.2. The number of carbonyl (C=O) groups excluding carboxylic acids is 1. The number of nitrogens with zero attached hydrogens (tertiary/aromatic N) is 1. The average molecular weight is 303 g/mol. The van der Waals surface area contributed by atoms with E-state index < -0.39 is 0 Å². The van der Waals surface area contributed by atoms with Gasteiger partial charge >= 0.3 is 0 Å². The van der Waals surface area contributed by atoms with Crippen LogP contribution in [0.15, 0.2) is 24.3 Å². The highest BCUT2D eigenvalue weighted by Crippen LogP contribution is 2.14. The van der Waals surface area contributed by atoms with Crippen LogP contribution >= 0.6 is 22.6 Å². The van der Waals surface area contributed by atoms with Crippen LogP contribution in [0.1, 0.15) is 24.2 Å². The molecule has 0 aliphatic carbocycles. The van der Waals surface area contributed by atoms with Crippen LogP contribution < -0.4 is 0 Å². The largest absolute Gasteiger partial charge is 0.339 e. The molecule has 0 fully saturated rings. The second-order valence-corrected chi connectivity index (χ2v) is 4.65. The lowest BCUT2D eigenvalue weighted by Crippen LogP contribution is -2.33. The van der Waals surface area contributed by atoms with Gasteiger partial charge in [-0.05, 0) is 48.6 Å². The van der Waals surface area contributed by atoms with Crippen LogP contribution in [0.3, 0.4) is 0 Å². The van der Waals surface area contributed by atoms with Crippen LogP contribution in [-0.2, 0) is 0 Å². The Hall–Kier alpha value is -0.580. The zero-order chi connectivity index (χ0) is 10.7. The molecule has 76 valence electrons. The average Bonchev–Trinajstić information content (AvgIpc) is 2.16. The number of halogens is 1. The standard InChI is InChI=1S/C11H14INO/c1-8(2)13(3)11(14)9-6-4-5-7-10(9)12/h4-8H,1-3H3. The summed E-state index contributed by atoms with van der Waals surface area (Å²) in [4.78, 5) is 13.7. The maximum Gasteiger partial charge on any atom is 0.254 e. The Morgan fingerprint density at radius 1 is 1.36 bits per heavy atom. The van der Waals surface area contributed by atoms with Gasteiger partial charge in [-0.15, -0.1) is 0 Å². The Morgan fingerprint density at radius 3 is 2.43 bits per heavy atom. The Labute approximate surface area is 98.4 Å². The second kappa shape index (κ2) is 4.77. The van der Waals surface area contributed by atoms with Gasteiger partial charge in [-0.1, -0.05) is 12.1 Å². The molecule has 3 heteroatoms. The van der Waals surface area contributed by atoms with E-state index in [1.807, 2.05) is 45.2 Å². The Kier molecular flexibility index (Phi) is 3.92. The van der Waals surface area contributed by atoms with Crippen molar-refractivity contribution in [2.45, 2.75) is 19.9 Å². The van der Waals surface area contributed by atoms with Crippen molar-refractivity contribution in [3.8, 4) is 0 Å². The summed E-state index contributed by atoms with van der Waals surface area (Å²) in [5.74, 6) is 0.0880. The second-order valence-electron chi connectivity index (χ2n) is 3.49. The predicted molar refractivity (Wildman–Crippen MR) is 66.4 cm³/mol. The summed E-state index contributed by atoms with van der Waals surface area (Å²) in [7, 11) is 1.83. The smallest absolute Gasteiger partial charge is 0.254 e. The van der Waals surface area contributed by atoms with E-state index in [0.29, 0.717) is 0 Å². The molecule has 0 heterocycles. The summed E-state index contributed by atoms with van der Waals surface area (Å²) in [5, 5.41) is 0. The minimum Gasteiger partial charge on any atom is -0.339 e. The Balaban J connectivity index is 2.95. The van der Waals surface area contributed by atoms with E-state index in [1.54, 1.807) is 4.90 Å². The van der Waals surface area contributed by atoms with E-state index >= 15 is 0 Å². The first kappa shape index (κ1) is 11.5. The van der Waals surface area contributed by atoms with Crippen molar-refractivity contribution < 1.29 is 4.79 Å². The van der Waals surface area contributed by atoms with Crippen LogP contribution in [0.2, 0.25) is 0 Å². The maximum absolute atomic E-state index is 11.9. The molecule has 0 unspecified atom stereocenters. The molecule has 0 saturated heterocycles. The molecule has 14 heavy (non-hydrogen) atoms. The topological polar surface area (TPSA) is 20.3 Å². The molecule has 2 nitrogen and oxygen atoms in total. The van der Waals surface area contributed by atoms with Crippen molar-refractivity contribution in [1.82, 2.24) is 4.90 Å². The van der Waals surface area contributed by atoms with Crippen LogP contribution in [0.25, 0.3) is 0 Å². The molecular formula is C11H14INO. The van der Waals surface area contributed by atoms with Crippen molar-refractivity contribution in [1.29, 1.82) is 0 Å². The highest BCUT2D eigenvalue weighted by Gasteiger charge is 2.15. The summed E-state index contributed by atoms with van der Waals surface area (Å²) >= 11 is 2.18. The van der Waals surface area contributed by atoms with Crippen molar-refractivity contribution in [2.24, 2.45) is 0 Å².